The number of aromatic nitrogens is 1. The van der Waals surface area contributed by atoms with Crippen LogP contribution in [-0.4, -0.2) is 16.8 Å². The molecule has 62 valence electrons. The van der Waals surface area contributed by atoms with Gasteiger partial charge in [0, 0.05) is 12.0 Å². The Kier molecular flexibility index (Phi) is 1.27. The van der Waals surface area contributed by atoms with Crippen molar-refractivity contribution in [1.82, 2.24) is 5.16 Å². The third kappa shape index (κ3) is 0.827. The van der Waals surface area contributed by atoms with E-state index in [1.165, 1.54) is 0 Å². The Morgan fingerprint density at radius 3 is 3.00 bits per heavy atom. The summed E-state index contributed by atoms with van der Waals surface area (Å²) in [5, 5.41) is 5.92. The number of Topliss-reactive ketones (excluding diaryl/α,β-unsaturated/α-hetero) is 1. The molecular formula is C7H6N2O3. The van der Waals surface area contributed by atoms with Crippen LogP contribution < -0.4 is 5.32 Å². The molecule has 0 fully saturated rings. The molecule has 5 heteroatoms. The van der Waals surface area contributed by atoms with E-state index in [0.717, 1.165) is 0 Å². The van der Waals surface area contributed by atoms with Crippen molar-refractivity contribution >= 4 is 17.5 Å². The third-order valence-corrected chi connectivity index (χ3v) is 1.81. The quantitative estimate of drug-likeness (QED) is 0.552. The highest BCUT2D eigenvalue weighted by Crippen LogP contribution is 2.22. The van der Waals surface area contributed by atoms with Gasteiger partial charge in [-0.15, -0.1) is 0 Å². The van der Waals surface area contributed by atoms with Crippen molar-refractivity contribution in [3.63, 3.8) is 0 Å². The minimum Gasteiger partial charge on any atom is -0.359 e. The van der Waals surface area contributed by atoms with Crippen LogP contribution in [0.3, 0.4) is 0 Å². The van der Waals surface area contributed by atoms with E-state index in [-0.39, 0.29) is 6.42 Å². The average molecular weight is 166 g/mol. The number of ketones is 1. The van der Waals surface area contributed by atoms with Gasteiger partial charge in [-0.1, -0.05) is 5.16 Å². The number of hydrogen-bond donors (Lipinski definition) is 1. The molecular weight excluding hydrogens is 160 g/mol. The second kappa shape index (κ2) is 2.17. The first-order chi connectivity index (χ1) is 5.68. The van der Waals surface area contributed by atoms with E-state index in [4.69, 9.17) is 4.52 Å². The first-order valence-electron chi connectivity index (χ1n) is 3.48. The predicted molar refractivity (Wildman–Crippen MR) is 38.6 cm³/mol. The maximum atomic E-state index is 10.9. The lowest BCUT2D eigenvalue weighted by Gasteiger charge is -2.07. The number of aryl methyl sites for hydroxylation is 1. The van der Waals surface area contributed by atoms with E-state index in [1.54, 1.807) is 6.92 Å². The largest absolute Gasteiger partial charge is 0.359 e. The minimum atomic E-state index is -0.615. The molecule has 0 radical (unpaired) electrons. The zero-order chi connectivity index (χ0) is 8.72. The summed E-state index contributed by atoms with van der Waals surface area (Å²) in [5.41, 5.74) is 0.680. The number of rotatable bonds is 0. The van der Waals surface area contributed by atoms with Gasteiger partial charge in [-0.3, -0.25) is 9.59 Å². The Balaban J connectivity index is 2.49. The highest BCUT2D eigenvalue weighted by atomic mass is 16.5. The molecule has 0 unspecified atom stereocenters. The van der Waals surface area contributed by atoms with Gasteiger partial charge in [0.25, 0.3) is 5.91 Å². The average Bonchev–Trinajstić information content (AvgIpc) is 2.35. The number of amides is 1. The molecule has 2 heterocycles. The second-order valence-electron chi connectivity index (χ2n) is 2.62. The summed E-state index contributed by atoms with van der Waals surface area (Å²) in [4.78, 5) is 21.7. The topological polar surface area (TPSA) is 72.2 Å². The summed E-state index contributed by atoms with van der Waals surface area (Å²) in [5.74, 6) is -0.111. The summed E-state index contributed by atoms with van der Waals surface area (Å²) < 4.78 is 4.80. The normalized spacial score (nSPS) is 15.8. The Bertz CT molecular complexity index is 367. The number of anilines is 1. The first kappa shape index (κ1) is 7.02. The van der Waals surface area contributed by atoms with Crippen molar-refractivity contribution < 1.29 is 14.1 Å². The van der Waals surface area contributed by atoms with Crippen molar-refractivity contribution in [3.05, 3.63) is 11.3 Å². The van der Waals surface area contributed by atoms with Crippen LogP contribution in [-0.2, 0) is 16.0 Å². The fraction of sp³-hybridized carbons (Fsp3) is 0.286. The van der Waals surface area contributed by atoms with Gasteiger partial charge in [0.05, 0.1) is 0 Å². The van der Waals surface area contributed by atoms with Crippen LogP contribution in [0.5, 0.6) is 0 Å². The van der Waals surface area contributed by atoms with Crippen LogP contribution in [0.4, 0.5) is 5.82 Å². The summed E-state index contributed by atoms with van der Waals surface area (Å²) in [6, 6.07) is 0. The summed E-state index contributed by atoms with van der Waals surface area (Å²) in [6.45, 7) is 1.70. The minimum absolute atomic E-state index is 0.0937. The molecule has 2 rings (SSSR count). The number of carbonyl (C=O) groups excluding carboxylic acids is 2. The maximum absolute atomic E-state index is 10.9. The second-order valence-corrected chi connectivity index (χ2v) is 2.62. The molecule has 1 aliphatic rings. The summed E-state index contributed by atoms with van der Waals surface area (Å²) >= 11 is 0. The number of carbonyl (C=O) groups is 2. The predicted octanol–water partition coefficient (Wildman–Crippen LogP) is 0.0467. The fourth-order valence-electron chi connectivity index (χ4n) is 1.12. The number of hydrogen-bond acceptors (Lipinski definition) is 4. The maximum Gasteiger partial charge on any atom is 0.293 e. The van der Waals surface area contributed by atoms with E-state index >= 15 is 0 Å². The van der Waals surface area contributed by atoms with Crippen LogP contribution >= 0.6 is 0 Å². The van der Waals surface area contributed by atoms with Gasteiger partial charge in [-0.2, -0.15) is 0 Å². The van der Waals surface area contributed by atoms with Gasteiger partial charge in [-0.25, -0.2) is 0 Å². The Labute approximate surface area is 67.7 Å². The van der Waals surface area contributed by atoms with Crippen molar-refractivity contribution in [1.29, 1.82) is 0 Å². The van der Waals surface area contributed by atoms with Gasteiger partial charge in [0.1, 0.15) is 5.76 Å². The van der Waals surface area contributed by atoms with Gasteiger partial charge in [0.15, 0.2) is 5.82 Å². The van der Waals surface area contributed by atoms with E-state index in [1.807, 2.05) is 0 Å². The van der Waals surface area contributed by atoms with E-state index in [9.17, 15) is 9.59 Å². The Morgan fingerprint density at radius 1 is 1.50 bits per heavy atom. The fourth-order valence-corrected chi connectivity index (χ4v) is 1.12. The lowest BCUT2D eigenvalue weighted by atomic mass is 10.1. The van der Waals surface area contributed by atoms with E-state index in [0.29, 0.717) is 17.1 Å². The molecule has 0 bridgehead atoms. The molecule has 5 nitrogen and oxygen atoms in total. The molecule has 0 aromatic carbocycles. The van der Waals surface area contributed by atoms with Crippen LogP contribution in [0.2, 0.25) is 0 Å². The van der Waals surface area contributed by atoms with Gasteiger partial charge < -0.3 is 9.84 Å². The third-order valence-electron chi connectivity index (χ3n) is 1.81. The van der Waals surface area contributed by atoms with Crippen LogP contribution in [0.15, 0.2) is 4.52 Å². The lowest BCUT2D eigenvalue weighted by molar-refractivity contribution is -0.134. The van der Waals surface area contributed by atoms with Crippen LogP contribution in [0.1, 0.15) is 11.3 Å². The summed E-state index contributed by atoms with van der Waals surface area (Å²) in [6.07, 6.45) is 0.0937. The van der Waals surface area contributed by atoms with E-state index < -0.39 is 11.7 Å². The SMILES string of the molecule is Cc1onc2c1CC(=O)C(=O)N2. The number of nitrogens with one attached hydrogen (secondary N) is 1. The van der Waals surface area contributed by atoms with Crippen LogP contribution in [0.25, 0.3) is 0 Å². The van der Waals surface area contributed by atoms with Crippen LogP contribution in [0, 0.1) is 6.92 Å². The van der Waals surface area contributed by atoms with Gasteiger partial charge in [-0.05, 0) is 6.92 Å². The molecule has 12 heavy (non-hydrogen) atoms. The smallest absolute Gasteiger partial charge is 0.293 e. The Morgan fingerprint density at radius 2 is 2.25 bits per heavy atom. The number of fused-ring (bicyclic) bond motifs is 1. The molecule has 1 aromatic heterocycles. The van der Waals surface area contributed by atoms with Crippen molar-refractivity contribution in [2.75, 3.05) is 5.32 Å². The molecule has 0 saturated heterocycles. The standard InChI is InChI=1S/C7H6N2O3/c1-3-4-2-5(10)7(11)8-6(4)9-12-3/h2H2,1H3,(H,8,9,11). The highest BCUT2D eigenvalue weighted by molar-refractivity contribution is 6.42. The monoisotopic (exact) mass is 166 g/mol. The lowest BCUT2D eigenvalue weighted by Crippen LogP contribution is -2.29. The van der Waals surface area contributed by atoms with Gasteiger partial charge in [0.2, 0.25) is 5.78 Å². The molecule has 1 aliphatic heterocycles. The van der Waals surface area contributed by atoms with Crippen molar-refractivity contribution in [3.8, 4) is 0 Å². The molecule has 1 N–H and O–H groups in total. The highest BCUT2D eigenvalue weighted by Gasteiger charge is 2.27. The van der Waals surface area contributed by atoms with Crippen molar-refractivity contribution in [2.45, 2.75) is 13.3 Å². The van der Waals surface area contributed by atoms with Crippen molar-refractivity contribution in [2.24, 2.45) is 0 Å². The van der Waals surface area contributed by atoms with E-state index in [2.05, 4.69) is 10.5 Å². The zero-order valence-corrected chi connectivity index (χ0v) is 6.38. The molecule has 1 aromatic rings. The number of nitrogens with zero attached hydrogens (tertiary/aromatic N) is 1. The molecule has 0 atom stereocenters. The summed E-state index contributed by atoms with van der Waals surface area (Å²) in [7, 11) is 0. The molecule has 0 aliphatic carbocycles. The molecule has 0 saturated carbocycles. The first-order valence-corrected chi connectivity index (χ1v) is 3.48. The zero-order valence-electron chi connectivity index (χ0n) is 6.38. The Hall–Kier alpha value is -1.65. The molecule has 0 spiro atoms. The van der Waals surface area contributed by atoms with Gasteiger partial charge >= 0.3 is 0 Å². The molecule has 1 amide bonds.